The van der Waals surface area contributed by atoms with Gasteiger partial charge in [-0.25, -0.2) is 9.07 Å². The van der Waals surface area contributed by atoms with Gasteiger partial charge in [0.15, 0.2) is 5.54 Å². The Morgan fingerprint density at radius 2 is 1.82 bits per heavy atom. The SMILES string of the molecule is COc1ccc(F)cc1C(=O)NCc1ccc(-c2nn(C3(C(F)(F)F)CCOCC3)c(N)c2C(N)=O)cc1. The van der Waals surface area contributed by atoms with Crippen molar-refractivity contribution in [3.8, 4) is 17.0 Å². The van der Waals surface area contributed by atoms with E-state index in [1.165, 1.54) is 31.4 Å². The lowest BCUT2D eigenvalue weighted by molar-refractivity contribution is -0.238. The number of anilines is 1. The van der Waals surface area contributed by atoms with Gasteiger partial charge in [-0.3, -0.25) is 9.59 Å². The summed E-state index contributed by atoms with van der Waals surface area (Å²) in [4.78, 5) is 24.7. The van der Waals surface area contributed by atoms with Crippen molar-refractivity contribution in [2.75, 3.05) is 26.1 Å². The number of hydrogen-bond donors (Lipinski definition) is 3. The van der Waals surface area contributed by atoms with E-state index in [0.717, 1.165) is 6.07 Å². The Hall–Kier alpha value is -4.13. The van der Waals surface area contributed by atoms with Crippen molar-refractivity contribution in [3.05, 3.63) is 65.0 Å². The number of hydrogen-bond acceptors (Lipinski definition) is 6. The number of nitrogens with one attached hydrogen (secondary N) is 1. The molecule has 13 heteroatoms. The number of alkyl halides is 3. The van der Waals surface area contributed by atoms with Crippen LogP contribution in [0.25, 0.3) is 11.3 Å². The number of ether oxygens (including phenoxy) is 2. The minimum atomic E-state index is -4.71. The Morgan fingerprint density at radius 3 is 2.39 bits per heavy atom. The molecule has 0 spiro atoms. The fourth-order valence-electron chi connectivity index (χ4n) is 4.44. The van der Waals surface area contributed by atoms with Crippen LogP contribution in [-0.4, -0.2) is 48.1 Å². The van der Waals surface area contributed by atoms with Gasteiger partial charge in [0, 0.05) is 38.2 Å². The van der Waals surface area contributed by atoms with E-state index < -0.39 is 48.0 Å². The van der Waals surface area contributed by atoms with Crippen LogP contribution in [0.3, 0.4) is 0 Å². The molecule has 2 heterocycles. The largest absolute Gasteiger partial charge is 0.496 e. The summed E-state index contributed by atoms with van der Waals surface area (Å²) < 4.78 is 67.2. The van der Waals surface area contributed by atoms with Crippen LogP contribution >= 0.6 is 0 Å². The first-order valence-corrected chi connectivity index (χ1v) is 11.5. The van der Waals surface area contributed by atoms with Gasteiger partial charge in [-0.15, -0.1) is 0 Å². The zero-order valence-corrected chi connectivity index (χ0v) is 20.3. The summed E-state index contributed by atoms with van der Waals surface area (Å²) in [5.74, 6) is -2.47. The van der Waals surface area contributed by atoms with Crippen LogP contribution in [0, 0.1) is 5.82 Å². The highest BCUT2D eigenvalue weighted by Crippen LogP contribution is 2.46. The van der Waals surface area contributed by atoms with Crippen molar-refractivity contribution in [3.63, 3.8) is 0 Å². The number of aromatic nitrogens is 2. The van der Waals surface area contributed by atoms with Crippen LogP contribution in [0.1, 0.15) is 39.1 Å². The van der Waals surface area contributed by atoms with Crippen LogP contribution < -0.4 is 21.5 Å². The van der Waals surface area contributed by atoms with E-state index in [1.54, 1.807) is 12.1 Å². The molecule has 0 unspecified atom stereocenters. The molecular weight excluding hydrogens is 510 g/mol. The van der Waals surface area contributed by atoms with Gasteiger partial charge < -0.3 is 26.3 Å². The molecule has 202 valence electrons. The molecule has 3 aromatic rings. The van der Waals surface area contributed by atoms with Gasteiger partial charge in [0.2, 0.25) is 0 Å². The Balaban J connectivity index is 1.61. The minimum absolute atomic E-state index is 0.0166. The number of amides is 2. The van der Waals surface area contributed by atoms with Crippen molar-refractivity contribution in [1.29, 1.82) is 0 Å². The summed E-state index contributed by atoms with van der Waals surface area (Å²) in [6.07, 6.45) is -5.56. The van der Waals surface area contributed by atoms with Crippen molar-refractivity contribution in [2.24, 2.45) is 5.73 Å². The maximum absolute atomic E-state index is 14.3. The van der Waals surface area contributed by atoms with Gasteiger partial charge in [0.05, 0.1) is 12.7 Å². The van der Waals surface area contributed by atoms with Crippen molar-refractivity contribution < 1.29 is 36.6 Å². The second-order valence-corrected chi connectivity index (χ2v) is 8.75. The summed E-state index contributed by atoms with van der Waals surface area (Å²) in [5.41, 5.74) is 9.59. The van der Waals surface area contributed by atoms with E-state index in [4.69, 9.17) is 20.9 Å². The van der Waals surface area contributed by atoms with E-state index >= 15 is 0 Å². The Morgan fingerprint density at radius 1 is 1.16 bits per heavy atom. The highest BCUT2D eigenvalue weighted by molar-refractivity contribution is 6.03. The molecule has 1 aromatic heterocycles. The Kier molecular flexibility index (Phi) is 7.31. The molecule has 1 saturated heterocycles. The van der Waals surface area contributed by atoms with Gasteiger partial charge in [-0.1, -0.05) is 24.3 Å². The number of nitrogen functional groups attached to an aromatic ring is 1. The lowest BCUT2D eigenvalue weighted by Crippen LogP contribution is -2.52. The summed E-state index contributed by atoms with van der Waals surface area (Å²) >= 11 is 0. The molecule has 2 amide bonds. The fraction of sp³-hybridized carbons (Fsp3) is 0.320. The van der Waals surface area contributed by atoms with E-state index in [2.05, 4.69) is 10.4 Å². The first kappa shape index (κ1) is 26.9. The second kappa shape index (κ2) is 10.3. The van der Waals surface area contributed by atoms with E-state index in [9.17, 15) is 27.2 Å². The number of rotatable bonds is 7. The highest BCUT2D eigenvalue weighted by Gasteiger charge is 2.58. The number of primary amides is 1. The second-order valence-electron chi connectivity index (χ2n) is 8.75. The molecule has 4 rings (SSSR count). The summed E-state index contributed by atoms with van der Waals surface area (Å²) in [7, 11) is 1.36. The van der Waals surface area contributed by atoms with Crippen molar-refractivity contribution in [1.82, 2.24) is 15.1 Å². The van der Waals surface area contributed by atoms with Crippen LogP contribution in [0.15, 0.2) is 42.5 Å². The number of halogens is 4. The van der Waals surface area contributed by atoms with Gasteiger partial charge in [-0.05, 0) is 23.8 Å². The normalized spacial score (nSPS) is 15.2. The van der Waals surface area contributed by atoms with Gasteiger partial charge in [0.1, 0.15) is 28.6 Å². The first-order valence-electron chi connectivity index (χ1n) is 11.5. The molecule has 1 aliphatic rings. The average Bonchev–Trinajstić information content (AvgIpc) is 3.25. The number of benzene rings is 2. The van der Waals surface area contributed by atoms with Crippen LogP contribution in [0.2, 0.25) is 0 Å². The molecule has 0 saturated carbocycles. The van der Waals surface area contributed by atoms with E-state index in [-0.39, 0.29) is 42.3 Å². The third-order valence-corrected chi connectivity index (χ3v) is 6.51. The lowest BCUT2D eigenvalue weighted by atomic mass is 9.89. The maximum Gasteiger partial charge on any atom is 0.413 e. The standard InChI is InChI=1S/C25H25F4N5O4/c1-37-18-7-6-16(26)12-17(18)23(36)32-13-14-2-4-15(5-3-14)20-19(22(31)35)21(30)34(33-20)24(25(27,28)29)8-10-38-11-9-24/h2-7,12H,8-11,13,30H2,1H3,(H2,31,35)(H,32,36). The molecular formula is C25H25F4N5O4. The zero-order chi connectivity index (χ0) is 27.7. The topological polar surface area (TPSA) is 134 Å². The van der Waals surface area contributed by atoms with E-state index in [0.29, 0.717) is 15.8 Å². The number of carbonyl (C=O) groups excluding carboxylic acids is 2. The quantitative estimate of drug-likeness (QED) is 0.397. The van der Waals surface area contributed by atoms with E-state index in [1.807, 2.05) is 0 Å². The maximum atomic E-state index is 14.3. The smallest absolute Gasteiger partial charge is 0.413 e. The molecule has 0 bridgehead atoms. The molecule has 2 aromatic carbocycles. The first-order chi connectivity index (χ1) is 18.0. The predicted octanol–water partition coefficient (Wildman–Crippen LogP) is 3.38. The summed E-state index contributed by atoms with van der Waals surface area (Å²) in [6, 6.07) is 9.78. The number of nitrogens with zero attached hydrogens (tertiary/aromatic N) is 2. The Labute approximate surface area is 214 Å². The van der Waals surface area contributed by atoms with Gasteiger partial charge >= 0.3 is 6.18 Å². The average molecular weight is 535 g/mol. The minimum Gasteiger partial charge on any atom is -0.496 e. The number of nitrogens with two attached hydrogens (primary N) is 2. The predicted molar refractivity (Wildman–Crippen MR) is 129 cm³/mol. The molecule has 0 radical (unpaired) electrons. The number of methoxy groups -OCH3 is 1. The lowest BCUT2D eigenvalue weighted by Gasteiger charge is -2.39. The molecule has 9 nitrogen and oxygen atoms in total. The third kappa shape index (κ3) is 4.88. The zero-order valence-electron chi connectivity index (χ0n) is 20.3. The summed E-state index contributed by atoms with van der Waals surface area (Å²) in [6.45, 7) is -0.251. The monoisotopic (exact) mass is 535 g/mol. The van der Waals surface area contributed by atoms with Crippen LogP contribution in [0.4, 0.5) is 23.4 Å². The molecule has 1 aliphatic heterocycles. The molecule has 5 N–H and O–H groups in total. The van der Waals surface area contributed by atoms with Crippen molar-refractivity contribution in [2.45, 2.75) is 31.1 Å². The molecule has 1 fully saturated rings. The molecule has 38 heavy (non-hydrogen) atoms. The molecule has 0 atom stereocenters. The fourth-order valence-corrected chi connectivity index (χ4v) is 4.44. The van der Waals surface area contributed by atoms with Gasteiger partial charge in [-0.2, -0.15) is 18.3 Å². The van der Waals surface area contributed by atoms with Gasteiger partial charge in [0.25, 0.3) is 11.8 Å². The van der Waals surface area contributed by atoms with Crippen LogP contribution in [-0.2, 0) is 16.8 Å². The Bertz CT molecular complexity index is 1350. The van der Waals surface area contributed by atoms with Crippen LogP contribution in [0.5, 0.6) is 5.75 Å². The summed E-state index contributed by atoms with van der Waals surface area (Å²) in [5, 5.41) is 6.78. The number of carbonyl (C=O) groups is 2. The third-order valence-electron chi connectivity index (χ3n) is 6.51. The highest BCUT2D eigenvalue weighted by atomic mass is 19.4. The van der Waals surface area contributed by atoms with Crippen molar-refractivity contribution >= 4 is 17.6 Å². The molecule has 0 aliphatic carbocycles.